The number of allylic oxidation sites excluding steroid dienone is 24. The molecule has 0 aliphatic heterocycles. The summed E-state index contributed by atoms with van der Waals surface area (Å²) in [7, 11) is -10.0. The standard InChI is InChI=1S/C89H150O17P2/c1-5-9-13-17-21-25-29-33-37-39-41-43-47-50-54-58-62-66-70-74-87(92)100-80-85(106-89(94)76-72-68-64-60-56-52-48-44-42-40-38-34-30-26-22-18-14-10-6-2)82-104-108(97,98)102-78-83(90)77-101-107(95,96)103-81-84(105-88(93)75-71-67-63-59-55-51-46-36-32-28-24-20-16-12-8-4)79-99-86(91)73-69-65-61-57-53-49-45-35-31-27-23-19-15-11-7-3/h21-22,25-27,31,33-34,36-38,41-44,46,50,52,54,56,62,64,66,68,83-85,90H,5-20,23-24,28-30,32,35,39-40,45,47-49,51,53,55,57-61,63,65,67,69-82H2,1-4H3,(H,95,96)(H,97,98)/b25-21-,26-22-,31-27-,37-33-,38-34-,43-41-,44-42-,46-36-,54-50-,56-52-,66-62-,68-64-/t83-,84+,85+/m0/s1. The zero-order valence-electron chi connectivity index (χ0n) is 67.7. The van der Waals surface area contributed by atoms with Crippen molar-refractivity contribution in [1.29, 1.82) is 0 Å². The van der Waals surface area contributed by atoms with Gasteiger partial charge in [0.2, 0.25) is 0 Å². The molecule has 0 aromatic heterocycles. The van der Waals surface area contributed by atoms with E-state index in [2.05, 4.69) is 137 Å². The Labute approximate surface area is 656 Å². The first-order chi connectivity index (χ1) is 52.7. The third kappa shape index (κ3) is 79.0. The fraction of sp³-hybridized carbons (Fsp3) is 0.685. The Morgan fingerprint density at radius 1 is 0.259 bits per heavy atom. The number of carbonyl (C=O) groups is 4. The van der Waals surface area contributed by atoms with Gasteiger partial charge in [-0.15, -0.1) is 0 Å². The molecular formula is C89H150O17P2. The molecule has 0 spiro atoms. The van der Waals surface area contributed by atoms with Gasteiger partial charge in [0.1, 0.15) is 19.3 Å². The lowest BCUT2D eigenvalue weighted by Crippen LogP contribution is -2.30. The lowest BCUT2D eigenvalue weighted by atomic mass is 10.1. The van der Waals surface area contributed by atoms with Crippen molar-refractivity contribution in [2.45, 2.75) is 354 Å². The van der Waals surface area contributed by atoms with Gasteiger partial charge < -0.3 is 33.8 Å². The van der Waals surface area contributed by atoms with E-state index in [0.29, 0.717) is 38.5 Å². The first-order valence-corrected chi connectivity index (χ1v) is 45.1. The molecule has 0 amide bonds. The van der Waals surface area contributed by atoms with Gasteiger partial charge in [-0.1, -0.05) is 302 Å². The lowest BCUT2D eigenvalue weighted by Gasteiger charge is -2.21. The van der Waals surface area contributed by atoms with Crippen molar-refractivity contribution in [2.24, 2.45) is 0 Å². The van der Waals surface area contributed by atoms with E-state index >= 15 is 0 Å². The fourth-order valence-corrected chi connectivity index (χ4v) is 12.4. The smallest absolute Gasteiger partial charge is 0.462 e. The minimum absolute atomic E-state index is 0.0184. The molecule has 0 aromatic rings. The molecule has 0 aliphatic carbocycles. The number of hydrogen-bond acceptors (Lipinski definition) is 15. The van der Waals surface area contributed by atoms with E-state index in [1.165, 1.54) is 116 Å². The number of aliphatic hydroxyl groups is 1. The molecule has 0 aromatic carbocycles. The molecule has 0 aliphatic rings. The first kappa shape index (κ1) is 103. The van der Waals surface area contributed by atoms with Crippen LogP contribution in [0.3, 0.4) is 0 Å². The zero-order chi connectivity index (χ0) is 78.9. The predicted molar refractivity (Wildman–Crippen MR) is 445 cm³/mol. The van der Waals surface area contributed by atoms with Crippen LogP contribution in [0.15, 0.2) is 146 Å². The topological polar surface area (TPSA) is 237 Å². The average Bonchev–Trinajstić information content (AvgIpc) is 0.896. The van der Waals surface area contributed by atoms with Crippen LogP contribution in [0, 0.1) is 0 Å². The van der Waals surface area contributed by atoms with Crippen molar-refractivity contribution in [3.63, 3.8) is 0 Å². The van der Waals surface area contributed by atoms with E-state index in [1.54, 1.807) is 0 Å². The van der Waals surface area contributed by atoms with Gasteiger partial charge in [-0.3, -0.25) is 37.3 Å². The number of hydrogen-bond donors (Lipinski definition) is 3. The van der Waals surface area contributed by atoms with Crippen LogP contribution in [0.4, 0.5) is 0 Å². The Hall–Kier alpha value is -5.06. The third-order valence-electron chi connectivity index (χ3n) is 17.3. The van der Waals surface area contributed by atoms with Gasteiger partial charge in [-0.2, -0.15) is 0 Å². The quantitative estimate of drug-likeness (QED) is 0.0169. The molecule has 0 saturated carbocycles. The number of rotatable bonds is 78. The highest BCUT2D eigenvalue weighted by Gasteiger charge is 2.30. The number of phosphoric acid groups is 2. The van der Waals surface area contributed by atoms with Crippen molar-refractivity contribution < 1.29 is 80.2 Å². The maximum atomic E-state index is 13.1. The van der Waals surface area contributed by atoms with Gasteiger partial charge in [-0.25, -0.2) is 9.13 Å². The molecule has 3 N–H and O–H groups in total. The van der Waals surface area contributed by atoms with Crippen LogP contribution in [0.2, 0.25) is 0 Å². The van der Waals surface area contributed by atoms with E-state index in [4.69, 9.17) is 37.0 Å². The molecule has 5 atom stereocenters. The number of carbonyl (C=O) groups excluding carboxylic acids is 4. The van der Waals surface area contributed by atoms with E-state index in [0.717, 1.165) is 128 Å². The minimum atomic E-state index is -5.02. The molecule has 0 bridgehead atoms. The number of unbranched alkanes of at least 4 members (excludes halogenated alkanes) is 28. The van der Waals surface area contributed by atoms with Crippen LogP contribution in [-0.2, 0) is 65.4 Å². The Bertz CT molecular complexity index is 2610. The van der Waals surface area contributed by atoms with Crippen LogP contribution < -0.4 is 0 Å². The highest BCUT2D eigenvalue weighted by Crippen LogP contribution is 2.45. The maximum Gasteiger partial charge on any atom is 0.472 e. The van der Waals surface area contributed by atoms with Gasteiger partial charge in [-0.05, 0) is 154 Å². The average molecular weight is 1550 g/mol. The summed E-state index contributed by atoms with van der Waals surface area (Å²) >= 11 is 0. The highest BCUT2D eigenvalue weighted by molar-refractivity contribution is 7.47. The minimum Gasteiger partial charge on any atom is -0.462 e. The summed E-state index contributed by atoms with van der Waals surface area (Å²) in [5.74, 6) is -2.38. The first-order valence-electron chi connectivity index (χ1n) is 42.1. The second kappa shape index (κ2) is 80.0. The Morgan fingerprint density at radius 2 is 0.472 bits per heavy atom. The molecule has 2 unspecified atom stereocenters. The summed E-state index contributed by atoms with van der Waals surface area (Å²) < 4.78 is 68.6. The molecule has 0 fully saturated rings. The summed E-state index contributed by atoms with van der Waals surface area (Å²) in [5.41, 5.74) is 0. The van der Waals surface area contributed by atoms with E-state index in [9.17, 15) is 43.2 Å². The molecule has 618 valence electrons. The Morgan fingerprint density at radius 3 is 0.806 bits per heavy atom. The molecule has 0 radical (unpaired) electrons. The molecular weight excluding hydrogens is 1400 g/mol. The van der Waals surface area contributed by atoms with Crippen molar-refractivity contribution in [3.8, 4) is 0 Å². The summed E-state index contributed by atoms with van der Waals surface area (Å²) in [5, 5.41) is 10.7. The van der Waals surface area contributed by atoms with Crippen molar-refractivity contribution in [3.05, 3.63) is 146 Å². The van der Waals surface area contributed by atoms with Gasteiger partial charge in [0, 0.05) is 25.7 Å². The third-order valence-corrected chi connectivity index (χ3v) is 19.2. The number of aliphatic hydroxyl groups excluding tert-OH is 1. The second-order valence-corrected chi connectivity index (χ2v) is 30.6. The molecule has 17 nitrogen and oxygen atoms in total. The lowest BCUT2D eigenvalue weighted by molar-refractivity contribution is -0.161. The molecule has 0 heterocycles. The zero-order valence-corrected chi connectivity index (χ0v) is 69.5. The van der Waals surface area contributed by atoms with Gasteiger partial charge in [0.25, 0.3) is 0 Å². The highest BCUT2D eigenvalue weighted by atomic mass is 31.2. The van der Waals surface area contributed by atoms with Crippen molar-refractivity contribution in [1.82, 2.24) is 0 Å². The van der Waals surface area contributed by atoms with Crippen LogP contribution >= 0.6 is 15.6 Å². The maximum absolute atomic E-state index is 13.1. The molecule has 19 heteroatoms. The second-order valence-electron chi connectivity index (χ2n) is 27.7. The monoisotopic (exact) mass is 1550 g/mol. The van der Waals surface area contributed by atoms with Gasteiger partial charge >= 0.3 is 39.5 Å². The van der Waals surface area contributed by atoms with E-state index < -0.39 is 97.5 Å². The van der Waals surface area contributed by atoms with Crippen molar-refractivity contribution in [2.75, 3.05) is 39.6 Å². The van der Waals surface area contributed by atoms with Gasteiger partial charge in [0.05, 0.1) is 26.4 Å². The summed E-state index contributed by atoms with van der Waals surface area (Å²) in [4.78, 5) is 73.1. The molecule has 0 rings (SSSR count). The summed E-state index contributed by atoms with van der Waals surface area (Å²) in [6.45, 7) is 4.64. The Kier molecular flexibility index (Phi) is 76.3. The van der Waals surface area contributed by atoms with Crippen LogP contribution in [0.25, 0.3) is 0 Å². The van der Waals surface area contributed by atoms with E-state index in [-0.39, 0.29) is 25.7 Å². The molecule has 108 heavy (non-hydrogen) atoms. The van der Waals surface area contributed by atoms with Crippen LogP contribution in [0.5, 0.6) is 0 Å². The normalized spacial score (nSPS) is 14.5. The van der Waals surface area contributed by atoms with Crippen LogP contribution in [-0.4, -0.2) is 96.7 Å². The van der Waals surface area contributed by atoms with Crippen molar-refractivity contribution >= 4 is 39.5 Å². The largest absolute Gasteiger partial charge is 0.472 e. The SMILES string of the molecule is CCCCC/C=C\C/C=C\C/C=C\C/C=C\C/C=C\CCC(=O)OC[C@H](COP(=O)(O)OC[C@@H](O)COP(=O)(O)OC[C@@H](COC(=O)CCCCCCCCC/C=C\CCCCCC)OC(=O)CCCCCCC/C=C\CCCCCCCC)OC(=O)CC/C=C\C/C=C\C/C=C\C/C=C\C/C=C\CCCCC. The Balaban J connectivity index is 5.52. The fourth-order valence-electron chi connectivity index (χ4n) is 10.8. The number of ether oxygens (including phenoxy) is 4. The summed E-state index contributed by atoms with van der Waals surface area (Å²) in [6, 6.07) is 0. The predicted octanol–water partition coefficient (Wildman–Crippen LogP) is 25.0. The number of esters is 4. The molecule has 0 saturated heterocycles. The summed E-state index contributed by atoms with van der Waals surface area (Å²) in [6.07, 6.45) is 92.7. The number of phosphoric ester groups is 2. The van der Waals surface area contributed by atoms with E-state index in [1.807, 2.05) is 36.5 Å². The van der Waals surface area contributed by atoms with Crippen LogP contribution in [0.1, 0.15) is 336 Å². The van der Waals surface area contributed by atoms with Gasteiger partial charge in [0.15, 0.2) is 12.2 Å².